The molecule has 3 nitrogen and oxygen atoms in total. The van der Waals surface area contributed by atoms with Crippen LogP contribution >= 0.6 is 0 Å². The first-order valence-electron chi connectivity index (χ1n) is 5.37. The number of ether oxygens (including phenoxy) is 1. The first kappa shape index (κ1) is 13.2. The van der Waals surface area contributed by atoms with Crippen molar-refractivity contribution in [3.05, 3.63) is 23.8 Å². The Kier molecular flexibility index (Phi) is 4.96. The smallest absolute Gasteiger partial charge is 0.0588 e. The van der Waals surface area contributed by atoms with Crippen molar-refractivity contribution in [1.82, 2.24) is 0 Å². The summed E-state index contributed by atoms with van der Waals surface area (Å²) in [7, 11) is -1.03. The number of hydrogen-bond donors (Lipinski definition) is 1. The van der Waals surface area contributed by atoms with Gasteiger partial charge in [-0.05, 0) is 38.5 Å². The summed E-state index contributed by atoms with van der Waals surface area (Å²) < 4.78 is 17.4. The van der Waals surface area contributed by atoms with Gasteiger partial charge in [-0.3, -0.25) is 4.21 Å². The van der Waals surface area contributed by atoms with Gasteiger partial charge in [0.05, 0.1) is 29.3 Å². The minimum absolute atomic E-state index is 0.180. The molecule has 4 heteroatoms. The van der Waals surface area contributed by atoms with Crippen molar-refractivity contribution in [2.24, 2.45) is 0 Å². The second kappa shape index (κ2) is 6.01. The van der Waals surface area contributed by atoms with Crippen LogP contribution in [0, 0.1) is 6.92 Å². The second-order valence-corrected chi connectivity index (χ2v) is 5.48. The lowest BCUT2D eigenvalue weighted by Gasteiger charge is -2.10. The van der Waals surface area contributed by atoms with E-state index in [0.717, 1.165) is 10.5 Å². The van der Waals surface area contributed by atoms with Crippen LogP contribution in [0.1, 0.15) is 19.4 Å². The Morgan fingerprint density at radius 1 is 1.44 bits per heavy atom. The Bertz CT molecular complexity index is 377. The molecule has 0 bridgehead atoms. The number of anilines is 1. The van der Waals surface area contributed by atoms with Gasteiger partial charge < -0.3 is 10.5 Å². The van der Waals surface area contributed by atoms with Crippen LogP contribution in [0.5, 0.6) is 0 Å². The number of nitrogen functional groups attached to an aromatic ring is 1. The van der Waals surface area contributed by atoms with Crippen molar-refractivity contribution < 1.29 is 8.95 Å². The van der Waals surface area contributed by atoms with Gasteiger partial charge in [0.1, 0.15) is 0 Å². The average Bonchev–Trinajstić information content (AvgIpc) is 2.21. The fourth-order valence-corrected chi connectivity index (χ4v) is 2.50. The van der Waals surface area contributed by atoms with E-state index in [2.05, 4.69) is 0 Å². The van der Waals surface area contributed by atoms with Crippen LogP contribution in [0.25, 0.3) is 0 Å². The molecule has 0 aliphatic carbocycles. The van der Waals surface area contributed by atoms with Crippen molar-refractivity contribution in [3.8, 4) is 0 Å². The minimum Gasteiger partial charge on any atom is -0.398 e. The highest BCUT2D eigenvalue weighted by Gasteiger charge is 2.09. The van der Waals surface area contributed by atoms with E-state index in [1.807, 2.05) is 39.0 Å². The van der Waals surface area contributed by atoms with Crippen LogP contribution in [-0.2, 0) is 15.5 Å². The van der Waals surface area contributed by atoms with E-state index in [0.29, 0.717) is 18.0 Å². The van der Waals surface area contributed by atoms with E-state index >= 15 is 0 Å². The topological polar surface area (TPSA) is 52.3 Å². The fourth-order valence-electron chi connectivity index (χ4n) is 1.35. The van der Waals surface area contributed by atoms with Gasteiger partial charge in [0.2, 0.25) is 0 Å². The predicted molar refractivity (Wildman–Crippen MR) is 68.0 cm³/mol. The summed E-state index contributed by atoms with van der Waals surface area (Å²) in [5.41, 5.74) is 7.37. The Morgan fingerprint density at radius 2 is 2.12 bits per heavy atom. The van der Waals surface area contributed by atoms with E-state index in [1.165, 1.54) is 0 Å². The zero-order chi connectivity index (χ0) is 12.1. The Hall–Kier alpha value is -0.870. The third-order valence-electron chi connectivity index (χ3n) is 2.29. The standard InChI is InChI=1S/C12H19NO2S/c1-9(2)15-7-8-16(14)12-6-4-5-11(13)10(12)3/h4-6,9H,7-8,13H2,1-3H3. The lowest BCUT2D eigenvalue weighted by Crippen LogP contribution is -2.11. The summed E-state index contributed by atoms with van der Waals surface area (Å²) in [6.07, 6.45) is 0.180. The zero-order valence-corrected chi connectivity index (χ0v) is 10.8. The molecule has 0 aliphatic heterocycles. The molecule has 0 saturated carbocycles. The third kappa shape index (κ3) is 3.61. The molecule has 0 heterocycles. The van der Waals surface area contributed by atoms with Gasteiger partial charge in [-0.15, -0.1) is 0 Å². The molecule has 0 radical (unpaired) electrons. The first-order chi connectivity index (χ1) is 7.52. The highest BCUT2D eigenvalue weighted by atomic mass is 32.2. The van der Waals surface area contributed by atoms with Crippen molar-refractivity contribution >= 4 is 16.5 Å². The Morgan fingerprint density at radius 3 is 2.75 bits per heavy atom. The van der Waals surface area contributed by atoms with Gasteiger partial charge in [0.25, 0.3) is 0 Å². The van der Waals surface area contributed by atoms with Gasteiger partial charge in [0, 0.05) is 10.6 Å². The summed E-state index contributed by atoms with van der Waals surface area (Å²) >= 11 is 0. The Balaban J connectivity index is 2.63. The highest BCUT2D eigenvalue weighted by molar-refractivity contribution is 7.85. The first-order valence-corrected chi connectivity index (χ1v) is 6.69. The van der Waals surface area contributed by atoms with E-state index < -0.39 is 10.8 Å². The molecule has 0 fully saturated rings. The van der Waals surface area contributed by atoms with Crippen LogP contribution in [0.2, 0.25) is 0 Å². The van der Waals surface area contributed by atoms with Crippen molar-refractivity contribution in [1.29, 1.82) is 0 Å². The maximum Gasteiger partial charge on any atom is 0.0588 e. The lowest BCUT2D eigenvalue weighted by molar-refractivity contribution is 0.0916. The van der Waals surface area contributed by atoms with Gasteiger partial charge >= 0.3 is 0 Å². The summed E-state index contributed by atoms with van der Waals surface area (Å²) in [6, 6.07) is 5.51. The van der Waals surface area contributed by atoms with Gasteiger partial charge in [-0.2, -0.15) is 0 Å². The minimum atomic E-state index is -1.03. The molecular formula is C12H19NO2S. The molecule has 16 heavy (non-hydrogen) atoms. The molecule has 1 unspecified atom stereocenters. The van der Waals surface area contributed by atoms with E-state index in [9.17, 15) is 4.21 Å². The molecule has 2 N–H and O–H groups in total. The van der Waals surface area contributed by atoms with E-state index in [4.69, 9.17) is 10.5 Å². The van der Waals surface area contributed by atoms with Gasteiger partial charge in [-0.25, -0.2) is 0 Å². The lowest BCUT2D eigenvalue weighted by atomic mass is 10.2. The fraction of sp³-hybridized carbons (Fsp3) is 0.500. The highest BCUT2D eigenvalue weighted by Crippen LogP contribution is 2.19. The Labute approximate surface area is 99.4 Å². The molecule has 1 aromatic rings. The molecular weight excluding hydrogens is 222 g/mol. The molecule has 0 aliphatic rings. The molecule has 1 aromatic carbocycles. The van der Waals surface area contributed by atoms with Gasteiger partial charge in [0.15, 0.2) is 0 Å². The van der Waals surface area contributed by atoms with Crippen molar-refractivity contribution in [2.75, 3.05) is 18.1 Å². The quantitative estimate of drug-likeness (QED) is 0.803. The number of rotatable bonds is 5. The molecule has 90 valence electrons. The summed E-state index contributed by atoms with van der Waals surface area (Å²) in [4.78, 5) is 0.812. The van der Waals surface area contributed by atoms with Crippen LogP contribution in [-0.4, -0.2) is 22.7 Å². The number of hydrogen-bond acceptors (Lipinski definition) is 3. The molecule has 0 aromatic heterocycles. The average molecular weight is 241 g/mol. The van der Waals surface area contributed by atoms with Crippen LogP contribution in [0.3, 0.4) is 0 Å². The SMILES string of the molecule is Cc1c(N)cccc1S(=O)CCOC(C)C. The molecule has 0 amide bonds. The normalized spacial score (nSPS) is 13.0. The molecule has 1 atom stereocenters. The monoisotopic (exact) mass is 241 g/mol. The molecule has 0 saturated heterocycles. The van der Waals surface area contributed by atoms with E-state index in [-0.39, 0.29) is 6.10 Å². The molecule has 0 spiro atoms. The maximum atomic E-state index is 12.0. The zero-order valence-electron chi connectivity index (χ0n) is 10.0. The second-order valence-electron chi connectivity index (χ2n) is 3.94. The predicted octanol–water partition coefficient (Wildman–Crippen LogP) is 2.11. The van der Waals surface area contributed by atoms with Crippen LogP contribution < -0.4 is 5.73 Å². The van der Waals surface area contributed by atoms with Gasteiger partial charge in [-0.1, -0.05) is 6.07 Å². The maximum absolute atomic E-state index is 12.0. The van der Waals surface area contributed by atoms with Crippen molar-refractivity contribution in [3.63, 3.8) is 0 Å². The molecule has 1 rings (SSSR count). The summed E-state index contributed by atoms with van der Waals surface area (Å²) in [6.45, 7) is 6.34. The number of nitrogens with two attached hydrogens (primary N) is 1. The summed E-state index contributed by atoms with van der Waals surface area (Å²) in [5.74, 6) is 0.516. The van der Waals surface area contributed by atoms with E-state index in [1.54, 1.807) is 0 Å². The van der Waals surface area contributed by atoms with Crippen molar-refractivity contribution in [2.45, 2.75) is 31.8 Å². The van der Waals surface area contributed by atoms with Crippen LogP contribution in [0.15, 0.2) is 23.1 Å². The number of benzene rings is 1. The third-order valence-corrected chi connectivity index (χ3v) is 3.76. The largest absolute Gasteiger partial charge is 0.398 e. The van der Waals surface area contributed by atoms with Crippen LogP contribution in [0.4, 0.5) is 5.69 Å². The summed E-state index contributed by atoms with van der Waals surface area (Å²) in [5, 5.41) is 0.